The number of rotatable bonds is 5. The largest absolute Gasteiger partial charge is 0.384 e. The van der Waals surface area contributed by atoms with Gasteiger partial charge in [0.15, 0.2) is 0 Å². The van der Waals surface area contributed by atoms with Crippen LogP contribution in [0.2, 0.25) is 0 Å². The van der Waals surface area contributed by atoms with Crippen molar-refractivity contribution in [3.05, 3.63) is 70.3 Å². The van der Waals surface area contributed by atoms with Gasteiger partial charge in [-0.15, -0.1) is 0 Å². The van der Waals surface area contributed by atoms with E-state index in [0.717, 1.165) is 13.0 Å². The monoisotopic (exact) mass is 332 g/mol. The van der Waals surface area contributed by atoms with Crippen molar-refractivity contribution in [2.75, 3.05) is 13.7 Å². The third-order valence-corrected chi connectivity index (χ3v) is 4.59. The number of benzene rings is 2. The summed E-state index contributed by atoms with van der Waals surface area (Å²) in [7, 11) is 1.74. The number of alkyl halides is 1. The van der Waals surface area contributed by atoms with Gasteiger partial charge in [-0.05, 0) is 42.5 Å². The van der Waals surface area contributed by atoms with E-state index in [1.165, 1.54) is 27.8 Å². The van der Waals surface area contributed by atoms with Gasteiger partial charge in [0.1, 0.15) is 0 Å². The van der Waals surface area contributed by atoms with Crippen LogP contribution < -0.4 is 0 Å². The number of hydrogen-bond acceptors (Lipinski definition) is 1. The molecular formula is C18H21BrO. The zero-order chi connectivity index (χ0) is 14.5. The lowest BCUT2D eigenvalue weighted by atomic mass is 9.98. The van der Waals surface area contributed by atoms with Gasteiger partial charge in [0.05, 0.1) is 11.4 Å². The van der Waals surface area contributed by atoms with Gasteiger partial charge >= 0.3 is 0 Å². The molecule has 2 heteroatoms. The molecule has 0 bridgehead atoms. The molecule has 2 rings (SSSR count). The first-order valence-corrected chi connectivity index (χ1v) is 7.82. The summed E-state index contributed by atoms with van der Waals surface area (Å²) < 4.78 is 5.11. The van der Waals surface area contributed by atoms with Crippen LogP contribution in [0.25, 0.3) is 0 Å². The second kappa shape index (κ2) is 7.05. The maximum absolute atomic E-state index is 5.11. The lowest BCUT2D eigenvalue weighted by Gasteiger charge is -2.15. The highest BCUT2D eigenvalue weighted by atomic mass is 79.9. The molecule has 0 saturated heterocycles. The lowest BCUT2D eigenvalue weighted by Crippen LogP contribution is -1.98. The van der Waals surface area contributed by atoms with Crippen molar-refractivity contribution in [3.63, 3.8) is 0 Å². The van der Waals surface area contributed by atoms with Crippen molar-refractivity contribution in [1.82, 2.24) is 0 Å². The zero-order valence-electron chi connectivity index (χ0n) is 12.3. The summed E-state index contributed by atoms with van der Waals surface area (Å²) >= 11 is 3.82. The lowest BCUT2D eigenvalue weighted by molar-refractivity contribution is 0.202. The number of halogens is 1. The summed E-state index contributed by atoms with van der Waals surface area (Å²) in [5.74, 6) is 0. The van der Waals surface area contributed by atoms with Gasteiger partial charge in [0, 0.05) is 7.11 Å². The highest BCUT2D eigenvalue weighted by Crippen LogP contribution is 2.33. The summed E-state index contributed by atoms with van der Waals surface area (Å²) in [5.41, 5.74) is 6.57. The van der Waals surface area contributed by atoms with E-state index in [4.69, 9.17) is 4.74 Å². The molecule has 1 unspecified atom stereocenters. The van der Waals surface area contributed by atoms with Crippen LogP contribution in [0.15, 0.2) is 42.5 Å². The standard InChI is InChI=1S/C18H21BrO/c1-13-4-9-17(14(2)12-13)18(19)16-7-5-15(6-8-16)10-11-20-3/h4-9,12,18H,10-11H2,1-3H3. The summed E-state index contributed by atoms with van der Waals surface area (Å²) in [5, 5.41) is 0. The van der Waals surface area contributed by atoms with Crippen LogP contribution in [0.4, 0.5) is 0 Å². The van der Waals surface area contributed by atoms with Gasteiger partial charge in [-0.2, -0.15) is 0 Å². The van der Waals surface area contributed by atoms with E-state index < -0.39 is 0 Å². The normalized spacial score (nSPS) is 12.4. The minimum Gasteiger partial charge on any atom is -0.384 e. The van der Waals surface area contributed by atoms with E-state index in [2.05, 4.69) is 72.2 Å². The molecule has 0 N–H and O–H groups in total. The van der Waals surface area contributed by atoms with Gasteiger partial charge in [0.25, 0.3) is 0 Å². The Morgan fingerprint density at radius 2 is 1.75 bits per heavy atom. The van der Waals surface area contributed by atoms with Crippen molar-refractivity contribution in [3.8, 4) is 0 Å². The van der Waals surface area contributed by atoms with Crippen molar-refractivity contribution in [2.45, 2.75) is 25.1 Å². The molecule has 2 aromatic carbocycles. The average molecular weight is 333 g/mol. The quantitative estimate of drug-likeness (QED) is 0.702. The van der Waals surface area contributed by atoms with Crippen molar-refractivity contribution in [1.29, 1.82) is 0 Å². The first kappa shape index (κ1) is 15.3. The number of ether oxygens (including phenoxy) is 1. The van der Waals surface area contributed by atoms with E-state index in [1.807, 2.05) is 0 Å². The summed E-state index contributed by atoms with van der Waals surface area (Å²) in [6.45, 7) is 5.07. The summed E-state index contributed by atoms with van der Waals surface area (Å²) in [6, 6.07) is 15.4. The Morgan fingerprint density at radius 3 is 2.35 bits per heavy atom. The molecule has 20 heavy (non-hydrogen) atoms. The highest BCUT2D eigenvalue weighted by molar-refractivity contribution is 9.09. The fourth-order valence-corrected chi connectivity index (χ4v) is 3.18. The van der Waals surface area contributed by atoms with Crippen LogP contribution in [0.5, 0.6) is 0 Å². The summed E-state index contributed by atoms with van der Waals surface area (Å²) in [6.07, 6.45) is 0.966. The Labute approximate surface area is 130 Å². The molecule has 0 spiro atoms. The van der Waals surface area contributed by atoms with Crippen LogP contribution in [0.1, 0.15) is 32.6 Å². The SMILES string of the molecule is COCCc1ccc(C(Br)c2ccc(C)cc2C)cc1. The molecule has 2 aromatic rings. The van der Waals surface area contributed by atoms with Crippen molar-refractivity contribution in [2.24, 2.45) is 0 Å². The number of methoxy groups -OCH3 is 1. The average Bonchev–Trinajstić information content (AvgIpc) is 2.45. The van der Waals surface area contributed by atoms with Gasteiger partial charge in [-0.1, -0.05) is 64.0 Å². The molecule has 0 aliphatic carbocycles. The smallest absolute Gasteiger partial charge is 0.0647 e. The maximum Gasteiger partial charge on any atom is 0.0647 e. The maximum atomic E-state index is 5.11. The first-order chi connectivity index (χ1) is 9.61. The molecule has 0 saturated carbocycles. The molecule has 0 radical (unpaired) electrons. The predicted molar refractivity (Wildman–Crippen MR) is 88.7 cm³/mol. The Balaban J connectivity index is 2.18. The van der Waals surface area contributed by atoms with E-state index in [-0.39, 0.29) is 4.83 Å². The molecule has 0 aliphatic rings. The minimum absolute atomic E-state index is 0.250. The van der Waals surface area contributed by atoms with Crippen LogP contribution in [0, 0.1) is 13.8 Å². The molecule has 106 valence electrons. The molecule has 0 fully saturated rings. The minimum atomic E-state index is 0.250. The molecule has 1 nitrogen and oxygen atoms in total. The number of hydrogen-bond donors (Lipinski definition) is 0. The zero-order valence-corrected chi connectivity index (χ0v) is 13.9. The van der Waals surface area contributed by atoms with E-state index in [9.17, 15) is 0 Å². The van der Waals surface area contributed by atoms with Gasteiger partial charge in [0.2, 0.25) is 0 Å². The number of aryl methyl sites for hydroxylation is 2. The van der Waals surface area contributed by atoms with Gasteiger partial charge in [-0.3, -0.25) is 0 Å². The highest BCUT2D eigenvalue weighted by Gasteiger charge is 2.12. The molecule has 0 amide bonds. The van der Waals surface area contributed by atoms with Crippen LogP contribution >= 0.6 is 15.9 Å². The van der Waals surface area contributed by atoms with Crippen molar-refractivity contribution < 1.29 is 4.74 Å². The van der Waals surface area contributed by atoms with Crippen LogP contribution in [0.3, 0.4) is 0 Å². The molecule has 1 atom stereocenters. The molecule has 0 heterocycles. The Morgan fingerprint density at radius 1 is 1.05 bits per heavy atom. The third kappa shape index (κ3) is 3.71. The van der Waals surface area contributed by atoms with E-state index in [1.54, 1.807) is 7.11 Å². The van der Waals surface area contributed by atoms with Crippen molar-refractivity contribution >= 4 is 15.9 Å². The fraction of sp³-hybridized carbons (Fsp3) is 0.333. The van der Waals surface area contributed by atoms with E-state index >= 15 is 0 Å². The second-order valence-corrected chi connectivity index (χ2v) is 6.12. The predicted octanol–water partition coefficient (Wildman–Crippen LogP) is 4.98. The molecule has 0 aromatic heterocycles. The van der Waals surface area contributed by atoms with Gasteiger partial charge in [-0.25, -0.2) is 0 Å². The first-order valence-electron chi connectivity index (χ1n) is 6.91. The molecule has 0 aliphatic heterocycles. The molecular weight excluding hydrogens is 312 g/mol. The fourth-order valence-electron chi connectivity index (χ4n) is 2.36. The van der Waals surface area contributed by atoms with E-state index in [0.29, 0.717) is 0 Å². The van der Waals surface area contributed by atoms with Gasteiger partial charge < -0.3 is 4.74 Å². The van der Waals surface area contributed by atoms with Crippen LogP contribution in [-0.2, 0) is 11.2 Å². The topological polar surface area (TPSA) is 9.23 Å². The Hall–Kier alpha value is -1.12. The Kier molecular flexibility index (Phi) is 5.38. The second-order valence-electron chi connectivity index (χ2n) is 5.21. The van der Waals surface area contributed by atoms with Crippen LogP contribution in [-0.4, -0.2) is 13.7 Å². The third-order valence-electron chi connectivity index (χ3n) is 3.57. The summed E-state index contributed by atoms with van der Waals surface area (Å²) in [4.78, 5) is 0.250. The Bertz CT molecular complexity index is 560.